The second-order valence-electron chi connectivity index (χ2n) is 16.7. The van der Waals surface area contributed by atoms with Crippen LogP contribution in [0, 0.1) is 31.3 Å². The van der Waals surface area contributed by atoms with Gasteiger partial charge < -0.3 is 24.8 Å². The maximum Gasteiger partial charge on any atom is -1.00 e. The van der Waals surface area contributed by atoms with Gasteiger partial charge in [0, 0.05) is 0 Å². The average Bonchev–Trinajstić information content (AvgIpc) is 3.55. The van der Waals surface area contributed by atoms with E-state index in [1.165, 1.54) is 93.5 Å². The van der Waals surface area contributed by atoms with Crippen LogP contribution < -0.4 is 24.8 Å². The summed E-state index contributed by atoms with van der Waals surface area (Å²) in [6, 6.07) is 33.7. The van der Waals surface area contributed by atoms with Crippen molar-refractivity contribution in [2.75, 3.05) is 0 Å². The second kappa shape index (κ2) is 17.4. The molecule has 0 aromatic heterocycles. The molecule has 5 aromatic carbocycles. The van der Waals surface area contributed by atoms with Crippen molar-refractivity contribution in [2.24, 2.45) is 11.3 Å². The summed E-state index contributed by atoms with van der Waals surface area (Å²) in [5.74, 6) is 0.518. The van der Waals surface area contributed by atoms with E-state index in [-0.39, 0.29) is 35.6 Å². The fourth-order valence-corrected chi connectivity index (χ4v) is 7.01. The summed E-state index contributed by atoms with van der Waals surface area (Å²) in [6.45, 7) is 29.0. The first-order valence-corrected chi connectivity index (χ1v) is 18.7. The van der Waals surface area contributed by atoms with Crippen molar-refractivity contribution in [3.8, 4) is 0 Å². The zero-order valence-electron chi connectivity index (χ0n) is 32.6. The fraction of sp³-hybridized carbons (Fsp3) is 0.362. The quantitative estimate of drug-likeness (QED) is 0.168. The molecule has 264 valence electrons. The van der Waals surface area contributed by atoms with Gasteiger partial charge in [-0.15, -0.1) is 39.7 Å². The molecule has 1 unspecified atom stereocenters. The molecule has 0 spiro atoms. The van der Waals surface area contributed by atoms with Crippen molar-refractivity contribution in [1.29, 1.82) is 0 Å². The van der Waals surface area contributed by atoms with Crippen LogP contribution in [0.4, 0.5) is 0 Å². The maximum absolute atomic E-state index is 3.40. The van der Waals surface area contributed by atoms with Crippen LogP contribution in [0.25, 0.3) is 21.5 Å². The smallest absolute Gasteiger partial charge is 1.00 e. The Kier molecular flexibility index (Phi) is 15.2. The summed E-state index contributed by atoms with van der Waals surface area (Å²) in [4.78, 5) is 0. The van der Waals surface area contributed by atoms with Crippen molar-refractivity contribution < 1.29 is 49.0 Å². The number of benzene rings is 4. The molecule has 0 aliphatic heterocycles. The van der Waals surface area contributed by atoms with Crippen molar-refractivity contribution in [3.63, 3.8) is 0 Å². The molecule has 1 aliphatic rings. The first-order valence-electron chi connectivity index (χ1n) is 17.4. The first kappa shape index (κ1) is 43.7. The molecule has 50 heavy (non-hydrogen) atoms. The Hall–Kier alpha value is -2.44. The Balaban J connectivity index is 0.000000268. The molecule has 3 heteroatoms. The van der Waals surface area contributed by atoms with Crippen molar-refractivity contribution >= 4 is 24.8 Å². The molecule has 1 atom stereocenters. The van der Waals surface area contributed by atoms with Gasteiger partial charge in [0.15, 0.2) is 0 Å². The summed E-state index contributed by atoms with van der Waals surface area (Å²) in [5, 5.41) is 5.49. The van der Waals surface area contributed by atoms with Gasteiger partial charge in [-0.1, -0.05) is 123 Å². The van der Waals surface area contributed by atoms with Crippen molar-refractivity contribution in [2.45, 2.75) is 101 Å². The van der Waals surface area contributed by atoms with E-state index in [0.29, 0.717) is 11.3 Å². The molecule has 6 rings (SSSR count). The summed E-state index contributed by atoms with van der Waals surface area (Å²) in [6.07, 6.45) is 5.71. The van der Waals surface area contributed by atoms with E-state index >= 15 is 0 Å². The number of fused-ring (bicyclic) bond motifs is 3. The Labute approximate surface area is 331 Å². The third kappa shape index (κ3) is 11.3. The Bertz CT molecular complexity index is 1830. The van der Waals surface area contributed by atoms with Crippen LogP contribution in [-0.2, 0) is 35.1 Å². The van der Waals surface area contributed by atoms with E-state index in [4.69, 9.17) is 0 Å². The zero-order valence-corrected chi connectivity index (χ0v) is 36.5. The predicted octanol–water partition coefficient (Wildman–Crippen LogP) is 7.09. The molecule has 1 aliphatic carbocycles. The number of hydrogen-bond donors (Lipinski definition) is 0. The SMILES string of the molecule is CC(C)(C)c1ccc2[cH-]c3ccc(C(C)(C)C)cc3c2c1.CC1=[C-]C(C)C=C1C(C)(C)C.Cc1ccc([C](=[Zr+2])c2ccc(C)cc2)cc1.[Cl-].[Cl-]. The molecule has 0 N–H and O–H groups in total. The summed E-state index contributed by atoms with van der Waals surface area (Å²) in [5.41, 5.74) is 11.6. The molecule has 0 bridgehead atoms. The molecule has 5 aromatic rings. The van der Waals surface area contributed by atoms with Gasteiger partial charge in [-0.25, -0.2) is 5.57 Å². The van der Waals surface area contributed by atoms with Crippen LogP contribution in [0.15, 0.2) is 108 Å². The standard InChI is InChI=1S/C21H25.C15H14.C11H17.2ClH.Zr/c1-20(2,3)16-9-7-14-11-15-8-10-17(21(4,5)6)13-19(15)18(14)12-16;1-12-3-7-14(8-4-12)11-15-9-5-13(2)6-10-15;1-8-6-9(2)10(7-8)11(3,4)5;;;/h7-13H,1-6H3;3-10H,1-2H3;7-8H,1-5H3;2*1H;/q-1;;-1;;;+2/p-2. The van der Waals surface area contributed by atoms with Gasteiger partial charge in [-0.2, -0.15) is 11.6 Å². The van der Waals surface area contributed by atoms with Crippen LogP contribution in [0.2, 0.25) is 0 Å². The summed E-state index contributed by atoms with van der Waals surface area (Å²) < 4.78 is 1.42. The third-order valence-electron chi connectivity index (χ3n) is 9.19. The number of hydrogen-bond acceptors (Lipinski definition) is 0. The predicted molar refractivity (Wildman–Crippen MR) is 209 cm³/mol. The maximum atomic E-state index is 3.40. The molecule has 0 saturated heterocycles. The average molecular weight is 783 g/mol. The molecular weight excluding hydrogens is 727 g/mol. The van der Waals surface area contributed by atoms with Gasteiger partial charge >= 0.3 is 112 Å². The Morgan fingerprint density at radius 3 is 1.24 bits per heavy atom. The zero-order chi connectivity index (χ0) is 35.6. The molecule has 0 heterocycles. The molecule has 0 fully saturated rings. The van der Waals surface area contributed by atoms with E-state index in [0.717, 1.165) is 0 Å². The van der Waals surface area contributed by atoms with E-state index in [1.807, 2.05) is 0 Å². The molecule has 0 amide bonds. The summed E-state index contributed by atoms with van der Waals surface area (Å²) in [7, 11) is 0. The molecule has 0 saturated carbocycles. The molecular formula is C47H56Cl2Zr-2. The van der Waals surface area contributed by atoms with E-state index in [2.05, 4.69) is 193 Å². The van der Waals surface area contributed by atoms with Gasteiger partial charge in [0.2, 0.25) is 0 Å². The van der Waals surface area contributed by atoms with Gasteiger partial charge in [0.25, 0.3) is 0 Å². The fourth-order valence-electron chi connectivity index (χ4n) is 6.19. The van der Waals surface area contributed by atoms with Crippen LogP contribution >= 0.6 is 0 Å². The number of aryl methyl sites for hydroxylation is 2. The van der Waals surface area contributed by atoms with E-state index in [9.17, 15) is 0 Å². The number of allylic oxidation sites excluding steroid dienone is 4. The largest absolute Gasteiger partial charge is 1.00 e. The molecule has 0 radical (unpaired) electrons. The minimum absolute atomic E-state index is 0. The number of rotatable bonds is 2. The monoisotopic (exact) mass is 780 g/mol. The van der Waals surface area contributed by atoms with Gasteiger partial charge in [0.05, 0.1) is 0 Å². The number of halogens is 2. The van der Waals surface area contributed by atoms with E-state index in [1.54, 1.807) is 0 Å². The minimum Gasteiger partial charge on any atom is -1.00 e. The topological polar surface area (TPSA) is 0 Å². The first-order chi connectivity index (χ1) is 22.2. The Morgan fingerprint density at radius 2 is 0.960 bits per heavy atom. The van der Waals surface area contributed by atoms with Crippen molar-refractivity contribution in [3.05, 3.63) is 148 Å². The van der Waals surface area contributed by atoms with Crippen LogP contribution in [0.5, 0.6) is 0 Å². The van der Waals surface area contributed by atoms with Crippen LogP contribution in [0.1, 0.15) is 110 Å². The van der Waals surface area contributed by atoms with Gasteiger partial charge in [-0.3, -0.25) is 6.08 Å². The van der Waals surface area contributed by atoms with Crippen LogP contribution in [0.3, 0.4) is 0 Å². The second-order valence-corrected chi connectivity index (χ2v) is 18.0. The third-order valence-corrected chi connectivity index (χ3v) is 10.6. The van der Waals surface area contributed by atoms with Gasteiger partial charge in [-0.05, 0) is 10.8 Å². The summed E-state index contributed by atoms with van der Waals surface area (Å²) >= 11 is 1.46. The normalized spacial score (nSPS) is 14.3. The van der Waals surface area contributed by atoms with Crippen molar-refractivity contribution in [1.82, 2.24) is 0 Å². The van der Waals surface area contributed by atoms with Gasteiger partial charge in [0.1, 0.15) is 0 Å². The molecule has 0 nitrogen and oxygen atoms in total. The van der Waals surface area contributed by atoms with E-state index < -0.39 is 0 Å². The Morgan fingerprint density at radius 1 is 0.580 bits per heavy atom. The minimum atomic E-state index is 0. The van der Waals surface area contributed by atoms with Crippen LogP contribution in [-0.4, -0.2) is 3.21 Å².